The second kappa shape index (κ2) is 6.02. The van der Waals surface area contributed by atoms with Gasteiger partial charge in [0.1, 0.15) is 0 Å². The molecule has 1 heterocycles. The van der Waals surface area contributed by atoms with Crippen LogP contribution in [0.15, 0.2) is 24.3 Å². The summed E-state index contributed by atoms with van der Waals surface area (Å²) in [6, 6.07) is 8.70. The van der Waals surface area contributed by atoms with Crippen LogP contribution in [0.3, 0.4) is 0 Å². The maximum atomic E-state index is 6.02. The molecule has 0 atom stereocenters. The van der Waals surface area contributed by atoms with Crippen LogP contribution in [0, 0.1) is 13.8 Å². The number of benzene rings is 1. The van der Waals surface area contributed by atoms with E-state index in [4.69, 9.17) is 11.6 Å². The molecule has 1 aromatic carbocycles. The van der Waals surface area contributed by atoms with Gasteiger partial charge in [0.05, 0.1) is 11.4 Å². The maximum absolute atomic E-state index is 6.02. The summed E-state index contributed by atoms with van der Waals surface area (Å²) in [7, 11) is 0. The highest BCUT2D eigenvalue weighted by Gasteiger charge is 2.13. The summed E-state index contributed by atoms with van der Waals surface area (Å²) < 4.78 is 0. The molecule has 0 saturated heterocycles. The lowest BCUT2D eigenvalue weighted by Crippen LogP contribution is -2.11. The summed E-state index contributed by atoms with van der Waals surface area (Å²) in [6.07, 6.45) is 0. The minimum atomic E-state index is 0.182. The molecule has 21 heavy (non-hydrogen) atoms. The summed E-state index contributed by atoms with van der Waals surface area (Å²) in [5.41, 5.74) is 5.53. The van der Waals surface area contributed by atoms with Crippen molar-refractivity contribution in [2.45, 2.75) is 46.6 Å². The molecule has 0 unspecified atom stereocenters. The second-order valence-electron chi connectivity index (χ2n) is 6.38. The van der Waals surface area contributed by atoms with Gasteiger partial charge in [-0.05, 0) is 30.4 Å². The third-order valence-electron chi connectivity index (χ3n) is 3.62. The minimum absolute atomic E-state index is 0.182. The smallest absolute Gasteiger partial charge is 0.156 e. The number of aromatic nitrogens is 2. The molecule has 0 radical (unpaired) electrons. The minimum Gasteiger partial charge on any atom is -0.379 e. The Kier molecular flexibility index (Phi) is 4.52. The molecule has 0 fully saturated rings. The Bertz CT molecular complexity index is 628. The van der Waals surface area contributed by atoms with Crippen molar-refractivity contribution in [2.24, 2.45) is 0 Å². The van der Waals surface area contributed by atoms with Crippen LogP contribution in [0.1, 0.15) is 43.2 Å². The number of hydrogen-bond donors (Lipinski definition) is 1. The normalized spacial score (nSPS) is 11.5. The zero-order chi connectivity index (χ0) is 15.6. The molecule has 0 bridgehead atoms. The standard InChI is InChI=1S/C17H22ClN3/c1-11-15(12(2)20-21-16(11)18)19-10-13-6-8-14(9-7-13)17(3,4)5/h6-9H,10H2,1-5H3,(H,19,21). The Morgan fingerprint density at radius 2 is 1.67 bits per heavy atom. The average molecular weight is 304 g/mol. The number of nitrogens with zero attached hydrogens (tertiary/aromatic N) is 2. The molecule has 0 aliphatic carbocycles. The van der Waals surface area contributed by atoms with Gasteiger partial charge >= 0.3 is 0 Å². The van der Waals surface area contributed by atoms with Crippen molar-refractivity contribution < 1.29 is 0 Å². The van der Waals surface area contributed by atoms with Crippen LogP contribution < -0.4 is 5.32 Å². The molecule has 1 N–H and O–H groups in total. The lowest BCUT2D eigenvalue weighted by Gasteiger charge is -2.19. The van der Waals surface area contributed by atoms with Gasteiger partial charge in [0.2, 0.25) is 0 Å². The van der Waals surface area contributed by atoms with E-state index in [9.17, 15) is 0 Å². The van der Waals surface area contributed by atoms with Crippen LogP contribution in [0.5, 0.6) is 0 Å². The molecule has 0 aliphatic rings. The Morgan fingerprint density at radius 3 is 2.24 bits per heavy atom. The maximum Gasteiger partial charge on any atom is 0.156 e. The highest BCUT2D eigenvalue weighted by molar-refractivity contribution is 6.30. The molecule has 2 aromatic rings. The molecule has 2 rings (SSSR count). The number of aryl methyl sites for hydroxylation is 1. The molecular formula is C17H22ClN3. The summed E-state index contributed by atoms with van der Waals surface area (Å²) in [5, 5.41) is 11.8. The Hall–Kier alpha value is -1.61. The number of halogens is 1. The molecule has 0 spiro atoms. The third kappa shape index (κ3) is 3.73. The van der Waals surface area contributed by atoms with Crippen LogP contribution in [0.25, 0.3) is 0 Å². The van der Waals surface area contributed by atoms with Crippen molar-refractivity contribution in [1.82, 2.24) is 10.2 Å². The SMILES string of the molecule is Cc1nnc(Cl)c(C)c1NCc1ccc(C(C)(C)C)cc1. The number of anilines is 1. The lowest BCUT2D eigenvalue weighted by molar-refractivity contribution is 0.590. The molecule has 0 saturated carbocycles. The van der Waals surface area contributed by atoms with Gasteiger partial charge in [0.15, 0.2) is 5.15 Å². The predicted octanol–water partition coefficient (Wildman–Crippen LogP) is 4.66. The summed E-state index contributed by atoms with van der Waals surface area (Å²) >= 11 is 6.02. The highest BCUT2D eigenvalue weighted by Crippen LogP contribution is 2.25. The van der Waals surface area contributed by atoms with Gasteiger partial charge in [0.25, 0.3) is 0 Å². The van der Waals surface area contributed by atoms with E-state index in [1.807, 2.05) is 13.8 Å². The zero-order valence-corrected chi connectivity index (χ0v) is 14.0. The van der Waals surface area contributed by atoms with E-state index >= 15 is 0 Å². The van der Waals surface area contributed by atoms with Crippen LogP contribution in [-0.4, -0.2) is 10.2 Å². The van der Waals surface area contributed by atoms with Gasteiger partial charge < -0.3 is 5.32 Å². The number of hydrogen-bond acceptors (Lipinski definition) is 3. The van der Waals surface area contributed by atoms with E-state index < -0.39 is 0 Å². The van der Waals surface area contributed by atoms with Crippen molar-refractivity contribution in [3.8, 4) is 0 Å². The van der Waals surface area contributed by atoms with Crippen molar-refractivity contribution in [3.63, 3.8) is 0 Å². The van der Waals surface area contributed by atoms with E-state index in [1.165, 1.54) is 11.1 Å². The quantitative estimate of drug-likeness (QED) is 0.896. The predicted molar refractivity (Wildman–Crippen MR) is 89.0 cm³/mol. The number of nitrogens with one attached hydrogen (secondary N) is 1. The van der Waals surface area contributed by atoms with Crippen LogP contribution in [0.4, 0.5) is 5.69 Å². The van der Waals surface area contributed by atoms with Crippen LogP contribution >= 0.6 is 11.6 Å². The second-order valence-corrected chi connectivity index (χ2v) is 6.73. The summed E-state index contributed by atoms with van der Waals surface area (Å²) in [4.78, 5) is 0. The Balaban J connectivity index is 2.12. The number of rotatable bonds is 3. The van der Waals surface area contributed by atoms with Gasteiger partial charge in [-0.3, -0.25) is 0 Å². The molecule has 1 aromatic heterocycles. The first kappa shape index (κ1) is 15.8. The van der Waals surface area contributed by atoms with E-state index in [1.54, 1.807) is 0 Å². The van der Waals surface area contributed by atoms with Crippen molar-refractivity contribution in [3.05, 3.63) is 51.8 Å². The van der Waals surface area contributed by atoms with E-state index in [0.717, 1.165) is 23.5 Å². The summed E-state index contributed by atoms with van der Waals surface area (Å²) in [6.45, 7) is 11.3. The fourth-order valence-electron chi connectivity index (χ4n) is 2.19. The van der Waals surface area contributed by atoms with Gasteiger partial charge in [-0.25, -0.2) is 0 Å². The van der Waals surface area contributed by atoms with Crippen molar-refractivity contribution in [2.75, 3.05) is 5.32 Å². The van der Waals surface area contributed by atoms with Crippen LogP contribution in [-0.2, 0) is 12.0 Å². The van der Waals surface area contributed by atoms with Crippen molar-refractivity contribution in [1.29, 1.82) is 0 Å². The van der Waals surface area contributed by atoms with Gasteiger partial charge in [-0.2, -0.15) is 5.10 Å². The van der Waals surface area contributed by atoms with Gasteiger partial charge in [0, 0.05) is 12.1 Å². The van der Waals surface area contributed by atoms with E-state index in [-0.39, 0.29) is 5.41 Å². The largest absolute Gasteiger partial charge is 0.379 e. The van der Waals surface area contributed by atoms with E-state index in [0.29, 0.717) is 5.15 Å². The topological polar surface area (TPSA) is 37.8 Å². The Labute approximate surface area is 131 Å². The highest BCUT2D eigenvalue weighted by atomic mass is 35.5. The molecule has 0 amide bonds. The van der Waals surface area contributed by atoms with E-state index in [2.05, 4.69) is 60.6 Å². The molecular weight excluding hydrogens is 282 g/mol. The fourth-order valence-corrected chi connectivity index (χ4v) is 2.32. The third-order valence-corrected chi connectivity index (χ3v) is 3.98. The molecule has 0 aliphatic heterocycles. The molecule has 112 valence electrons. The first-order valence-corrected chi connectivity index (χ1v) is 7.49. The molecule has 4 heteroatoms. The van der Waals surface area contributed by atoms with Crippen molar-refractivity contribution >= 4 is 17.3 Å². The summed E-state index contributed by atoms with van der Waals surface area (Å²) in [5.74, 6) is 0. The van der Waals surface area contributed by atoms with Gasteiger partial charge in [-0.1, -0.05) is 56.6 Å². The monoisotopic (exact) mass is 303 g/mol. The van der Waals surface area contributed by atoms with Crippen LogP contribution in [0.2, 0.25) is 5.15 Å². The average Bonchev–Trinajstić information content (AvgIpc) is 2.43. The Morgan fingerprint density at radius 1 is 1.05 bits per heavy atom. The first-order chi connectivity index (χ1) is 9.79. The van der Waals surface area contributed by atoms with Gasteiger partial charge in [-0.15, -0.1) is 5.10 Å². The first-order valence-electron chi connectivity index (χ1n) is 7.11. The fraction of sp³-hybridized carbons (Fsp3) is 0.412. The lowest BCUT2D eigenvalue weighted by atomic mass is 9.87. The zero-order valence-electron chi connectivity index (χ0n) is 13.3. The molecule has 3 nitrogen and oxygen atoms in total.